The largest absolute Gasteiger partial charge is 0.309 e. The molecule has 2 atom stereocenters. The Bertz CT molecular complexity index is 720. The summed E-state index contributed by atoms with van der Waals surface area (Å²) in [5.74, 6) is 0.664. The zero-order valence-electron chi connectivity index (χ0n) is 13.1. The summed E-state index contributed by atoms with van der Waals surface area (Å²) < 4.78 is 0. The number of aryl methyl sites for hydroxylation is 1. The lowest BCUT2D eigenvalue weighted by atomic mass is 10.0. The van der Waals surface area contributed by atoms with Gasteiger partial charge in [0.15, 0.2) is 0 Å². The molecule has 0 unspecified atom stereocenters. The highest BCUT2D eigenvalue weighted by molar-refractivity contribution is 5.97. The van der Waals surface area contributed by atoms with Gasteiger partial charge in [-0.05, 0) is 19.1 Å². The Morgan fingerprint density at radius 1 is 1.17 bits per heavy atom. The molecule has 6 nitrogen and oxygen atoms in total. The van der Waals surface area contributed by atoms with E-state index < -0.39 is 0 Å². The van der Waals surface area contributed by atoms with Gasteiger partial charge in [-0.2, -0.15) is 0 Å². The first-order valence-corrected chi connectivity index (χ1v) is 7.92. The minimum absolute atomic E-state index is 0.0833. The quantitative estimate of drug-likeness (QED) is 0.854. The van der Waals surface area contributed by atoms with Crippen molar-refractivity contribution in [3.8, 4) is 0 Å². The predicted molar refractivity (Wildman–Crippen MR) is 85.6 cm³/mol. The molecule has 4 heterocycles. The Labute approximate surface area is 135 Å². The molecule has 2 fully saturated rings. The van der Waals surface area contributed by atoms with E-state index in [0.717, 1.165) is 43.3 Å². The summed E-state index contributed by atoms with van der Waals surface area (Å²) in [6.45, 7) is 5.33. The summed E-state index contributed by atoms with van der Waals surface area (Å²) in [5.41, 5.74) is 2.91. The number of rotatable bonds is 3. The second-order valence-electron chi connectivity index (χ2n) is 6.38. The lowest BCUT2D eigenvalue weighted by Gasteiger charge is -2.21. The van der Waals surface area contributed by atoms with Crippen LogP contribution in [0, 0.1) is 18.8 Å². The van der Waals surface area contributed by atoms with E-state index in [1.165, 1.54) is 6.33 Å². The van der Waals surface area contributed by atoms with Crippen molar-refractivity contribution in [2.24, 2.45) is 11.8 Å². The van der Waals surface area contributed by atoms with Crippen molar-refractivity contribution in [1.29, 1.82) is 0 Å². The minimum atomic E-state index is 0.0833. The fourth-order valence-corrected chi connectivity index (χ4v) is 3.66. The maximum Gasteiger partial charge on any atom is 0.231 e. The number of pyridine rings is 1. The first kappa shape index (κ1) is 14.3. The molecule has 2 aliphatic rings. The molecule has 2 aromatic rings. The summed E-state index contributed by atoms with van der Waals surface area (Å²) in [4.78, 5) is 29.4. The maximum absolute atomic E-state index is 12.7. The van der Waals surface area contributed by atoms with Crippen molar-refractivity contribution in [2.45, 2.75) is 13.5 Å². The molecule has 6 heteroatoms. The third-order valence-corrected chi connectivity index (χ3v) is 4.71. The van der Waals surface area contributed by atoms with Crippen LogP contribution < -0.4 is 4.90 Å². The molecule has 4 rings (SSSR count). The molecule has 2 saturated heterocycles. The van der Waals surface area contributed by atoms with Crippen LogP contribution in [0.3, 0.4) is 0 Å². The molecule has 118 valence electrons. The topological polar surface area (TPSA) is 62.2 Å². The standard InChI is InChI=1S/C17H19N5O/c1-12-3-2-4-14(20-12)9-21-7-13-8-22(17(23)16(13)10-21)15-5-18-11-19-6-15/h2-6,11,13,16H,7-10H2,1H3/t13-,16-/m1/s1. The van der Waals surface area contributed by atoms with Gasteiger partial charge in [0.25, 0.3) is 0 Å². The summed E-state index contributed by atoms with van der Waals surface area (Å²) in [5, 5.41) is 0. The molecule has 2 aromatic heterocycles. The predicted octanol–water partition coefficient (Wildman–Crippen LogP) is 1.27. The molecule has 0 spiro atoms. The van der Waals surface area contributed by atoms with Crippen LogP contribution in [0.1, 0.15) is 11.4 Å². The van der Waals surface area contributed by atoms with Gasteiger partial charge in [0.05, 0.1) is 29.7 Å². The SMILES string of the molecule is Cc1cccc(CN2C[C@@H]3CN(c4cncnc4)C(=O)[C@@H]3C2)n1. The van der Waals surface area contributed by atoms with Crippen LogP contribution in [0.4, 0.5) is 5.69 Å². The number of amides is 1. The third-order valence-electron chi connectivity index (χ3n) is 4.71. The smallest absolute Gasteiger partial charge is 0.231 e. The second kappa shape index (κ2) is 5.70. The fraction of sp³-hybridized carbons (Fsp3) is 0.412. The number of carbonyl (C=O) groups is 1. The summed E-state index contributed by atoms with van der Waals surface area (Å²) in [6, 6.07) is 6.10. The number of carbonyl (C=O) groups excluding carboxylic acids is 1. The Kier molecular flexibility index (Phi) is 3.53. The average molecular weight is 309 g/mol. The van der Waals surface area contributed by atoms with Crippen molar-refractivity contribution in [3.63, 3.8) is 0 Å². The van der Waals surface area contributed by atoms with Gasteiger partial charge in [-0.25, -0.2) is 9.97 Å². The Morgan fingerprint density at radius 3 is 2.74 bits per heavy atom. The number of nitrogens with zero attached hydrogens (tertiary/aromatic N) is 5. The van der Waals surface area contributed by atoms with Crippen molar-refractivity contribution in [3.05, 3.63) is 48.3 Å². The van der Waals surface area contributed by atoms with Gasteiger partial charge in [0, 0.05) is 37.8 Å². The lowest BCUT2D eigenvalue weighted by molar-refractivity contribution is -0.120. The molecule has 2 aliphatic heterocycles. The molecule has 23 heavy (non-hydrogen) atoms. The molecule has 0 radical (unpaired) electrons. The number of hydrogen-bond donors (Lipinski definition) is 0. The second-order valence-corrected chi connectivity index (χ2v) is 6.38. The van der Waals surface area contributed by atoms with Crippen LogP contribution in [-0.2, 0) is 11.3 Å². The fourth-order valence-electron chi connectivity index (χ4n) is 3.66. The molecule has 0 N–H and O–H groups in total. The molecule has 0 saturated carbocycles. The van der Waals surface area contributed by atoms with E-state index in [9.17, 15) is 4.79 Å². The highest BCUT2D eigenvalue weighted by Crippen LogP contribution is 2.35. The van der Waals surface area contributed by atoms with Gasteiger partial charge in [0.1, 0.15) is 6.33 Å². The van der Waals surface area contributed by atoms with Crippen LogP contribution in [0.2, 0.25) is 0 Å². The first-order valence-electron chi connectivity index (χ1n) is 7.92. The monoisotopic (exact) mass is 309 g/mol. The summed E-state index contributed by atoms with van der Waals surface area (Å²) in [7, 11) is 0. The van der Waals surface area contributed by atoms with E-state index >= 15 is 0 Å². The van der Waals surface area contributed by atoms with Gasteiger partial charge in [-0.1, -0.05) is 6.07 Å². The normalized spacial score (nSPS) is 24.2. The van der Waals surface area contributed by atoms with Crippen LogP contribution in [-0.4, -0.2) is 45.4 Å². The third kappa shape index (κ3) is 2.70. The Balaban J connectivity index is 1.44. The zero-order valence-corrected chi connectivity index (χ0v) is 13.1. The van der Waals surface area contributed by atoms with Crippen molar-refractivity contribution < 1.29 is 4.79 Å². The molecule has 0 aromatic carbocycles. The van der Waals surface area contributed by atoms with Crippen molar-refractivity contribution in [2.75, 3.05) is 24.5 Å². The van der Waals surface area contributed by atoms with Gasteiger partial charge >= 0.3 is 0 Å². The Hall–Kier alpha value is -2.34. The summed E-state index contributed by atoms with van der Waals surface area (Å²) in [6.07, 6.45) is 4.90. The number of aromatic nitrogens is 3. The molecular formula is C17H19N5O. The minimum Gasteiger partial charge on any atom is -0.309 e. The van der Waals surface area contributed by atoms with Crippen LogP contribution in [0.15, 0.2) is 36.9 Å². The van der Waals surface area contributed by atoms with Crippen LogP contribution in [0.25, 0.3) is 0 Å². The van der Waals surface area contributed by atoms with Crippen molar-refractivity contribution in [1.82, 2.24) is 19.9 Å². The van der Waals surface area contributed by atoms with E-state index in [1.54, 1.807) is 12.4 Å². The van der Waals surface area contributed by atoms with E-state index in [2.05, 4.69) is 25.9 Å². The van der Waals surface area contributed by atoms with Gasteiger partial charge < -0.3 is 4.90 Å². The van der Waals surface area contributed by atoms with E-state index in [-0.39, 0.29) is 11.8 Å². The highest BCUT2D eigenvalue weighted by Gasteiger charge is 2.46. The number of anilines is 1. The highest BCUT2D eigenvalue weighted by atomic mass is 16.2. The first-order chi connectivity index (χ1) is 11.2. The Morgan fingerprint density at radius 2 is 2.00 bits per heavy atom. The van der Waals surface area contributed by atoms with Gasteiger partial charge in [0.2, 0.25) is 5.91 Å². The lowest BCUT2D eigenvalue weighted by Crippen LogP contribution is -2.32. The molecule has 0 aliphatic carbocycles. The molecule has 0 bridgehead atoms. The molecular weight excluding hydrogens is 290 g/mol. The number of hydrogen-bond acceptors (Lipinski definition) is 5. The van der Waals surface area contributed by atoms with E-state index in [1.807, 2.05) is 24.0 Å². The zero-order chi connectivity index (χ0) is 15.8. The van der Waals surface area contributed by atoms with Gasteiger partial charge in [-0.15, -0.1) is 0 Å². The van der Waals surface area contributed by atoms with Crippen molar-refractivity contribution >= 4 is 11.6 Å². The number of likely N-dealkylation sites (tertiary alicyclic amines) is 1. The van der Waals surface area contributed by atoms with Crippen LogP contribution in [0.5, 0.6) is 0 Å². The van der Waals surface area contributed by atoms with Gasteiger partial charge in [-0.3, -0.25) is 14.7 Å². The van der Waals surface area contributed by atoms with E-state index in [0.29, 0.717) is 5.92 Å². The van der Waals surface area contributed by atoms with E-state index in [4.69, 9.17) is 0 Å². The summed E-state index contributed by atoms with van der Waals surface area (Å²) >= 11 is 0. The average Bonchev–Trinajstić information content (AvgIpc) is 3.07. The maximum atomic E-state index is 12.7. The van der Waals surface area contributed by atoms with Crippen LogP contribution >= 0.6 is 0 Å². The molecule has 1 amide bonds. The number of fused-ring (bicyclic) bond motifs is 1.